The fraction of sp³-hybridized carbons (Fsp3) is 0.533. The molecule has 2 heterocycles. The average Bonchev–Trinajstić information content (AvgIpc) is 2.69. The maximum Gasteiger partial charge on any atom is 0.320 e. The van der Waals surface area contributed by atoms with Crippen LogP contribution in [0.5, 0.6) is 23.8 Å². The van der Waals surface area contributed by atoms with E-state index in [1.165, 1.54) is 0 Å². The van der Waals surface area contributed by atoms with Gasteiger partial charge in [-0.15, -0.1) is 0 Å². The molecule has 0 fully saturated rings. The van der Waals surface area contributed by atoms with Gasteiger partial charge in [-0.25, -0.2) is 9.97 Å². The molecule has 0 saturated heterocycles. The molecule has 0 aliphatic rings. The van der Waals surface area contributed by atoms with Crippen molar-refractivity contribution in [3.8, 4) is 46.0 Å². The standard InChI is InChI=1S/C30H42N4O4/c1-27(2,3)35-23-21(17-31-25(33-23)37-29(7,8)9)19-14-13-15-20(16-19)22-18-32-26(38-30(10,11)12)34-24(22)36-28(4,5)6/h13-18H,1-12H3. The summed E-state index contributed by atoms with van der Waals surface area (Å²) in [5, 5.41) is 0. The summed E-state index contributed by atoms with van der Waals surface area (Å²) in [7, 11) is 0. The Kier molecular flexibility index (Phi) is 7.97. The summed E-state index contributed by atoms with van der Waals surface area (Å²) in [6.45, 7) is 23.6. The number of nitrogens with zero attached hydrogens (tertiary/aromatic N) is 4. The van der Waals surface area contributed by atoms with Crippen LogP contribution in [0.15, 0.2) is 36.7 Å². The van der Waals surface area contributed by atoms with E-state index in [2.05, 4.69) is 19.9 Å². The van der Waals surface area contributed by atoms with Crippen molar-refractivity contribution in [2.24, 2.45) is 0 Å². The fourth-order valence-corrected chi connectivity index (χ4v) is 3.33. The van der Waals surface area contributed by atoms with E-state index in [-0.39, 0.29) is 12.0 Å². The van der Waals surface area contributed by atoms with Gasteiger partial charge in [-0.1, -0.05) is 18.2 Å². The van der Waals surface area contributed by atoms with Crippen molar-refractivity contribution in [2.45, 2.75) is 105 Å². The van der Waals surface area contributed by atoms with Gasteiger partial charge >= 0.3 is 12.0 Å². The Morgan fingerprint density at radius 1 is 0.500 bits per heavy atom. The van der Waals surface area contributed by atoms with Gasteiger partial charge in [-0.05, 0) is 100 Å². The SMILES string of the molecule is CC(C)(C)Oc1ncc(-c2cccc(-c3cnc(OC(C)(C)C)nc3OC(C)(C)C)c2)c(OC(C)(C)C)n1. The Bertz CT molecular complexity index is 1170. The van der Waals surface area contributed by atoms with Crippen LogP contribution in [0.1, 0.15) is 83.1 Å². The molecule has 0 atom stereocenters. The van der Waals surface area contributed by atoms with E-state index in [9.17, 15) is 0 Å². The molecule has 0 radical (unpaired) electrons. The number of hydrogen-bond acceptors (Lipinski definition) is 8. The Balaban J connectivity index is 2.11. The fourth-order valence-electron chi connectivity index (χ4n) is 3.33. The topological polar surface area (TPSA) is 88.5 Å². The third-order valence-corrected chi connectivity index (χ3v) is 4.55. The summed E-state index contributed by atoms with van der Waals surface area (Å²) in [4.78, 5) is 18.2. The molecular weight excluding hydrogens is 480 g/mol. The number of aromatic nitrogens is 4. The maximum atomic E-state index is 6.24. The quantitative estimate of drug-likeness (QED) is 0.333. The lowest BCUT2D eigenvalue weighted by Gasteiger charge is -2.25. The number of ether oxygens (including phenoxy) is 4. The van der Waals surface area contributed by atoms with Crippen LogP contribution in [0.2, 0.25) is 0 Å². The summed E-state index contributed by atoms with van der Waals surface area (Å²) in [5.74, 6) is 0.889. The predicted molar refractivity (Wildman–Crippen MR) is 150 cm³/mol. The van der Waals surface area contributed by atoms with Crippen molar-refractivity contribution in [2.75, 3.05) is 0 Å². The maximum absolute atomic E-state index is 6.24. The van der Waals surface area contributed by atoms with E-state index in [4.69, 9.17) is 18.9 Å². The molecule has 0 aliphatic carbocycles. The average molecular weight is 523 g/mol. The third kappa shape index (κ3) is 8.85. The van der Waals surface area contributed by atoms with Crippen molar-refractivity contribution in [1.29, 1.82) is 0 Å². The third-order valence-electron chi connectivity index (χ3n) is 4.55. The summed E-state index contributed by atoms with van der Waals surface area (Å²) >= 11 is 0. The minimum atomic E-state index is -0.468. The van der Waals surface area contributed by atoms with Crippen LogP contribution in [0.3, 0.4) is 0 Å². The van der Waals surface area contributed by atoms with Gasteiger partial charge in [-0.2, -0.15) is 9.97 Å². The lowest BCUT2D eigenvalue weighted by molar-refractivity contribution is 0.102. The first-order valence-corrected chi connectivity index (χ1v) is 12.9. The Morgan fingerprint density at radius 2 is 0.842 bits per heavy atom. The van der Waals surface area contributed by atoms with Crippen molar-refractivity contribution < 1.29 is 18.9 Å². The molecule has 3 rings (SSSR count). The lowest BCUT2D eigenvalue weighted by atomic mass is 10.0. The number of hydrogen-bond donors (Lipinski definition) is 0. The van der Waals surface area contributed by atoms with Crippen LogP contribution in [0, 0.1) is 0 Å². The zero-order valence-electron chi connectivity index (χ0n) is 24.9. The van der Waals surface area contributed by atoms with Crippen LogP contribution in [-0.2, 0) is 0 Å². The molecular formula is C30H42N4O4. The van der Waals surface area contributed by atoms with Crippen LogP contribution >= 0.6 is 0 Å². The van der Waals surface area contributed by atoms with Crippen molar-refractivity contribution in [3.05, 3.63) is 36.7 Å². The van der Waals surface area contributed by atoms with E-state index < -0.39 is 22.4 Å². The van der Waals surface area contributed by atoms with Crippen molar-refractivity contribution >= 4 is 0 Å². The Labute approximate surface area is 227 Å². The van der Waals surface area contributed by atoms with E-state index in [1.807, 2.05) is 107 Å². The van der Waals surface area contributed by atoms with Gasteiger partial charge in [0.2, 0.25) is 11.8 Å². The van der Waals surface area contributed by atoms with Crippen LogP contribution < -0.4 is 18.9 Å². The molecule has 0 unspecified atom stereocenters. The predicted octanol–water partition coefficient (Wildman–Crippen LogP) is 7.31. The summed E-state index contributed by atoms with van der Waals surface area (Å²) in [6, 6.07) is 8.50. The number of rotatable bonds is 6. The zero-order chi connectivity index (χ0) is 28.5. The first-order chi connectivity index (χ1) is 17.3. The normalized spacial score (nSPS) is 12.7. The Hall–Kier alpha value is -3.42. The van der Waals surface area contributed by atoms with Crippen molar-refractivity contribution in [3.63, 3.8) is 0 Å². The summed E-state index contributed by atoms with van der Waals surface area (Å²) in [6.07, 6.45) is 3.47. The smallest absolute Gasteiger partial charge is 0.320 e. The van der Waals surface area contributed by atoms with E-state index in [1.54, 1.807) is 12.4 Å². The van der Waals surface area contributed by atoms with Crippen LogP contribution in [-0.4, -0.2) is 42.3 Å². The van der Waals surface area contributed by atoms with Gasteiger partial charge in [0, 0.05) is 12.4 Å². The molecule has 0 bridgehead atoms. The lowest BCUT2D eigenvalue weighted by Crippen LogP contribution is -2.26. The second-order valence-corrected chi connectivity index (χ2v) is 13.2. The molecule has 0 spiro atoms. The molecule has 2 aromatic heterocycles. The minimum absolute atomic E-state index is 0.264. The molecule has 8 nitrogen and oxygen atoms in total. The first kappa shape index (κ1) is 29.1. The highest BCUT2D eigenvalue weighted by Crippen LogP contribution is 2.37. The summed E-state index contributed by atoms with van der Waals surface area (Å²) < 4.78 is 24.3. The van der Waals surface area contributed by atoms with E-state index in [0.29, 0.717) is 11.8 Å². The molecule has 0 amide bonds. The monoisotopic (exact) mass is 522 g/mol. The number of benzene rings is 1. The molecule has 38 heavy (non-hydrogen) atoms. The van der Waals surface area contributed by atoms with Gasteiger partial charge in [0.1, 0.15) is 22.4 Å². The van der Waals surface area contributed by atoms with Gasteiger partial charge in [0.15, 0.2) is 0 Å². The van der Waals surface area contributed by atoms with Gasteiger partial charge in [0.25, 0.3) is 0 Å². The largest absolute Gasteiger partial charge is 0.471 e. The molecule has 206 valence electrons. The summed E-state index contributed by atoms with van der Waals surface area (Å²) in [5.41, 5.74) is 1.43. The zero-order valence-corrected chi connectivity index (χ0v) is 24.9. The molecule has 0 N–H and O–H groups in total. The highest BCUT2D eigenvalue weighted by atomic mass is 16.5. The van der Waals surface area contributed by atoms with Gasteiger partial charge in [-0.3, -0.25) is 0 Å². The molecule has 0 saturated carbocycles. The first-order valence-electron chi connectivity index (χ1n) is 12.9. The van der Waals surface area contributed by atoms with Crippen LogP contribution in [0.25, 0.3) is 22.3 Å². The Morgan fingerprint density at radius 3 is 1.16 bits per heavy atom. The molecule has 0 aliphatic heterocycles. The molecule has 3 aromatic rings. The highest BCUT2D eigenvalue weighted by molar-refractivity contribution is 5.76. The molecule has 8 heteroatoms. The van der Waals surface area contributed by atoms with Crippen molar-refractivity contribution in [1.82, 2.24) is 19.9 Å². The second kappa shape index (κ2) is 10.4. The molecule has 1 aromatic carbocycles. The van der Waals surface area contributed by atoms with Gasteiger partial charge < -0.3 is 18.9 Å². The van der Waals surface area contributed by atoms with E-state index in [0.717, 1.165) is 22.3 Å². The highest BCUT2D eigenvalue weighted by Gasteiger charge is 2.24. The van der Waals surface area contributed by atoms with E-state index >= 15 is 0 Å². The minimum Gasteiger partial charge on any atom is -0.471 e. The van der Waals surface area contributed by atoms with Gasteiger partial charge in [0.05, 0.1) is 11.1 Å². The second-order valence-electron chi connectivity index (χ2n) is 13.2. The van der Waals surface area contributed by atoms with Crippen LogP contribution in [0.4, 0.5) is 0 Å².